The molecular formula is C12H25N3O. The first kappa shape index (κ1) is 13.3. The molecule has 1 unspecified atom stereocenters. The van der Waals surface area contributed by atoms with Gasteiger partial charge in [0.25, 0.3) is 0 Å². The molecule has 1 aliphatic rings. The number of rotatable bonds is 5. The monoisotopic (exact) mass is 227 g/mol. The highest BCUT2D eigenvalue weighted by Crippen LogP contribution is 2.17. The molecule has 0 bridgehead atoms. The summed E-state index contributed by atoms with van der Waals surface area (Å²) < 4.78 is 0. The molecule has 0 saturated heterocycles. The molecule has 4 nitrogen and oxygen atoms in total. The van der Waals surface area contributed by atoms with E-state index in [1.54, 1.807) is 0 Å². The van der Waals surface area contributed by atoms with E-state index in [-0.39, 0.29) is 6.03 Å². The first-order valence-corrected chi connectivity index (χ1v) is 6.46. The Labute approximate surface area is 98.3 Å². The van der Waals surface area contributed by atoms with Gasteiger partial charge in [0.2, 0.25) is 0 Å². The third kappa shape index (κ3) is 5.35. The number of hydrogen-bond donors (Lipinski definition) is 3. The SMILES string of the molecule is CC(CCN)CNC(=O)NC1CCCCC1. The lowest BCUT2D eigenvalue weighted by molar-refractivity contribution is 0.231. The molecule has 1 aliphatic carbocycles. The molecule has 0 aromatic rings. The summed E-state index contributed by atoms with van der Waals surface area (Å²) in [6, 6.07) is 0.370. The summed E-state index contributed by atoms with van der Waals surface area (Å²) in [6.45, 7) is 3.51. The lowest BCUT2D eigenvalue weighted by atomic mass is 9.96. The fourth-order valence-electron chi connectivity index (χ4n) is 2.14. The number of nitrogens with two attached hydrogens (primary N) is 1. The molecular weight excluding hydrogens is 202 g/mol. The van der Waals surface area contributed by atoms with Crippen molar-refractivity contribution >= 4 is 6.03 Å². The maximum Gasteiger partial charge on any atom is 0.315 e. The summed E-state index contributed by atoms with van der Waals surface area (Å²) in [7, 11) is 0. The van der Waals surface area contributed by atoms with Crippen LogP contribution in [0.25, 0.3) is 0 Å². The molecule has 0 heterocycles. The van der Waals surface area contributed by atoms with E-state index in [0.29, 0.717) is 18.5 Å². The Kier molecular flexibility index (Phi) is 6.23. The topological polar surface area (TPSA) is 67.1 Å². The number of hydrogen-bond acceptors (Lipinski definition) is 2. The molecule has 2 amide bonds. The molecule has 0 aromatic carbocycles. The van der Waals surface area contributed by atoms with Gasteiger partial charge in [-0.05, 0) is 31.7 Å². The van der Waals surface area contributed by atoms with Crippen molar-refractivity contribution in [3.8, 4) is 0 Å². The van der Waals surface area contributed by atoms with Gasteiger partial charge in [0.05, 0.1) is 0 Å². The summed E-state index contributed by atoms with van der Waals surface area (Å²) in [5, 5.41) is 5.94. The van der Waals surface area contributed by atoms with Crippen LogP contribution in [0, 0.1) is 5.92 Å². The summed E-state index contributed by atoms with van der Waals surface area (Å²) in [5.41, 5.74) is 5.46. The van der Waals surface area contributed by atoms with Crippen molar-refractivity contribution in [1.29, 1.82) is 0 Å². The van der Waals surface area contributed by atoms with Gasteiger partial charge >= 0.3 is 6.03 Å². The van der Waals surface area contributed by atoms with Crippen molar-refractivity contribution in [3.63, 3.8) is 0 Å². The van der Waals surface area contributed by atoms with Crippen LogP contribution >= 0.6 is 0 Å². The standard InChI is InChI=1S/C12H25N3O/c1-10(7-8-13)9-14-12(16)15-11-5-3-2-4-6-11/h10-11H,2-9,13H2,1H3,(H2,14,15,16). The second kappa shape index (κ2) is 7.49. The molecule has 1 saturated carbocycles. The Morgan fingerprint density at radius 3 is 2.69 bits per heavy atom. The Morgan fingerprint density at radius 1 is 1.38 bits per heavy atom. The van der Waals surface area contributed by atoms with Crippen LogP contribution in [-0.2, 0) is 0 Å². The van der Waals surface area contributed by atoms with Gasteiger partial charge in [0.1, 0.15) is 0 Å². The predicted octanol–water partition coefficient (Wildman–Crippen LogP) is 1.60. The molecule has 0 radical (unpaired) electrons. The van der Waals surface area contributed by atoms with E-state index in [0.717, 1.165) is 25.8 Å². The Balaban J connectivity index is 2.10. The lowest BCUT2D eigenvalue weighted by Gasteiger charge is -2.23. The van der Waals surface area contributed by atoms with Crippen LogP contribution in [0.5, 0.6) is 0 Å². The second-order valence-corrected chi connectivity index (χ2v) is 4.87. The summed E-state index contributed by atoms with van der Waals surface area (Å²) >= 11 is 0. The van der Waals surface area contributed by atoms with Crippen LogP contribution in [0.3, 0.4) is 0 Å². The maximum atomic E-state index is 11.6. The first-order chi connectivity index (χ1) is 7.72. The van der Waals surface area contributed by atoms with Gasteiger partial charge in [-0.3, -0.25) is 0 Å². The van der Waals surface area contributed by atoms with E-state index in [1.807, 2.05) is 0 Å². The van der Waals surface area contributed by atoms with E-state index in [1.165, 1.54) is 19.3 Å². The van der Waals surface area contributed by atoms with Crippen molar-refractivity contribution in [2.45, 2.75) is 51.5 Å². The average Bonchev–Trinajstić information content (AvgIpc) is 2.28. The summed E-state index contributed by atoms with van der Waals surface area (Å²) in [4.78, 5) is 11.6. The molecule has 16 heavy (non-hydrogen) atoms. The second-order valence-electron chi connectivity index (χ2n) is 4.87. The Bertz CT molecular complexity index is 202. The van der Waals surface area contributed by atoms with Gasteiger partial charge in [-0.1, -0.05) is 26.2 Å². The molecule has 0 aliphatic heterocycles. The number of amides is 2. The normalized spacial score (nSPS) is 19.1. The number of nitrogens with one attached hydrogen (secondary N) is 2. The zero-order valence-corrected chi connectivity index (χ0v) is 10.3. The highest BCUT2D eigenvalue weighted by Gasteiger charge is 2.15. The fraction of sp³-hybridized carbons (Fsp3) is 0.917. The minimum absolute atomic E-state index is 0.0178. The number of urea groups is 1. The molecule has 0 spiro atoms. The number of carbonyl (C=O) groups is 1. The molecule has 4 N–H and O–H groups in total. The van der Waals surface area contributed by atoms with Crippen LogP contribution in [0.1, 0.15) is 45.4 Å². The molecule has 1 rings (SSSR count). The van der Waals surface area contributed by atoms with E-state index in [4.69, 9.17) is 5.73 Å². The van der Waals surface area contributed by atoms with Crippen LogP contribution < -0.4 is 16.4 Å². The van der Waals surface area contributed by atoms with E-state index < -0.39 is 0 Å². The predicted molar refractivity (Wildman–Crippen MR) is 66.2 cm³/mol. The minimum atomic E-state index is -0.0178. The zero-order chi connectivity index (χ0) is 11.8. The Hall–Kier alpha value is -0.770. The van der Waals surface area contributed by atoms with Crippen molar-refractivity contribution in [2.75, 3.05) is 13.1 Å². The van der Waals surface area contributed by atoms with E-state index >= 15 is 0 Å². The van der Waals surface area contributed by atoms with Crippen molar-refractivity contribution < 1.29 is 4.79 Å². The molecule has 94 valence electrons. The van der Waals surface area contributed by atoms with Crippen molar-refractivity contribution in [3.05, 3.63) is 0 Å². The van der Waals surface area contributed by atoms with Gasteiger partial charge in [-0.25, -0.2) is 4.79 Å². The summed E-state index contributed by atoms with van der Waals surface area (Å²) in [5.74, 6) is 0.460. The van der Waals surface area contributed by atoms with Crippen LogP contribution in [-0.4, -0.2) is 25.2 Å². The first-order valence-electron chi connectivity index (χ1n) is 6.46. The van der Waals surface area contributed by atoms with Crippen molar-refractivity contribution in [2.24, 2.45) is 11.7 Å². The quantitative estimate of drug-likeness (QED) is 0.668. The van der Waals surface area contributed by atoms with Gasteiger partial charge in [0.15, 0.2) is 0 Å². The molecule has 1 fully saturated rings. The van der Waals surface area contributed by atoms with Gasteiger partial charge in [-0.15, -0.1) is 0 Å². The van der Waals surface area contributed by atoms with Gasteiger partial charge < -0.3 is 16.4 Å². The highest BCUT2D eigenvalue weighted by molar-refractivity contribution is 5.74. The molecule has 0 aromatic heterocycles. The van der Waals surface area contributed by atoms with Crippen molar-refractivity contribution in [1.82, 2.24) is 10.6 Å². The number of carbonyl (C=O) groups excluding carboxylic acids is 1. The largest absolute Gasteiger partial charge is 0.338 e. The molecule has 4 heteroatoms. The van der Waals surface area contributed by atoms with Crippen LogP contribution in [0.15, 0.2) is 0 Å². The third-order valence-corrected chi connectivity index (χ3v) is 3.21. The van der Waals surface area contributed by atoms with Crippen LogP contribution in [0.4, 0.5) is 4.79 Å². The average molecular weight is 227 g/mol. The highest BCUT2D eigenvalue weighted by atomic mass is 16.2. The maximum absolute atomic E-state index is 11.6. The summed E-state index contributed by atoms with van der Waals surface area (Å²) in [6.07, 6.45) is 7.03. The third-order valence-electron chi connectivity index (χ3n) is 3.21. The molecule has 1 atom stereocenters. The van der Waals surface area contributed by atoms with Gasteiger partial charge in [-0.2, -0.15) is 0 Å². The van der Waals surface area contributed by atoms with Crippen LogP contribution in [0.2, 0.25) is 0 Å². The van der Waals surface area contributed by atoms with E-state index in [2.05, 4.69) is 17.6 Å². The fourth-order valence-corrected chi connectivity index (χ4v) is 2.14. The smallest absolute Gasteiger partial charge is 0.315 e. The zero-order valence-electron chi connectivity index (χ0n) is 10.3. The van der Waals surface area contributed by atoms with Gasteiger partial charge in [0, 0.05) is 12.6 Å². The Morgan fingerprint density at radius 2 is 2.06 bits per heavy atom. The minimum Gasteiger partial charge on any atom is -0.338 e. The van der Waals surface area contributed by atoms with E-state index in [9.17, 15) is 4.79 Å². The lowest BCUT2D eigenvalue weighted by Crippen LogP contribution is -2.44.